The number of carbonyl (C=O) groups excluding carboxylic acids is 1. The molecule has 0 fully saturated rings. The molecule has 0 heterocycles. The summed E-state index contributed by atoms with van der Waals surface area (Å²) in [7, 11) is 1.61. The fourth-order valence-corrected chi connectivity index (χ4v) is 2.84. The van der Waals surface area contributed by atoms with Crippen molar-refractivity contribution in [3.05, 3.63) is 52.0 Å². The van der Waals surface area contributed by atoms with Crippen LogP contribution in [0.1, 0.15) is 6.42 Å². The van der Waals surface area contributed by atoms with Crippen LogP contribution in [0.15, 0.2) is 46.9 Å². The van der Waals surface area contributed by atoms with Gasteiger partial charge in [0.25, 0.3) is 0 Å². The Kier molecular flexibility index (Phi) is 9.07. The summed E-state index contributed by atoms with van der Waals surface area (Å²) in [5, 5.41) is 6.04. The Labute approximate surface area is 172 Å². The maximum absolute atomic E-state index is 11.7. The molecule has 0 bridgehead atoms. The van der Waals surface area contributed by atoms with Gasteiger partial charge in [0, 0.05) is 11.0 Å². The molecule has 0 atom stereocenters. The third-order valence-corrected chi connectivity index (χ3v) is 4.26. The second-order valence-electron chi connectivity index (χ2n) is 5.48. The van der Waals surface area contributed by atoms with Gasteiger partial charge in [-0.05, 0) is 48.9 Å². The van der Waals surface area contributed by atoms with E-state index in [9.17, 15) is 4.79 Å². The van der Waals surface area contributed by atoms with E-state index < -0.39 is 0 Å². The molecule has 27 heavy (non-hydrogen) atoms. The van der Waals surface area contributed by atoms with Crippen molar-refractivity contribution in [2.24, 2.45) is 0 Å². The SMILES string of the molecule is COc1ccc(OCCNC(=O)NCCCOc2ccc(Br)cc2Cl)cc1. The standard InChI is InChI=1S/C19H22BrClN2O4/c1-25-15-4-6-16(7-5-15)26-12-10-23-19(24)22-9-2-11-27-18-8-3-14(20)13-17(18)21/h3-8,13H,2,9-12H2,1H3,(H2,22,23,24). The van der Waals surface area contributed by atoms with Crippen LogP contribution < -0.4 is 24.8 Å². The van der Waals surface area contributed by atoms with Crippen molar-refractivity contribution < 1.29 is 19.0 Å². The van der Waals surface area contributed by atoms with Gasteiger partial charge in [-0.3, -0.25) is 0 Å². The van der Waals surface area contributed by atoms with Crippen LogP contribution in [0.3, 0.4) is 0 Å². The number of halogens is 2. The Morgan fingerprint density at radius 2 is 1.70 bits per heavy atom. The van der Waals surface area contributed by atoms with Crippen molar-refractivity contribution >= 4 is 33.6 Å². The molecule has 0 saturated heterocycles. The summed E-state index contributed by atoms with van der Waals surface area (Å²) in [6.45, 7) is 1.75. The van der Waals surface area contributed by atoms with Crippen LogP contribution in [0.2, 0.25) is 5.02 Å². The van der Waals surface area contributed by atoms with Crippen molar-refractivity contribution in [2.45, 2.75) is 6.42 Å². The predicted octanol–water partition coefficient (Wildman–Crippen LogP) is 4.26. The molecule has 0 saturated carbocycles. The van der Waals surface area contributed by atoms with Crippen LogP contribution in [0.4, 0.5) is 4.79 Å². The van der Waals surface area contributed by atoms with E-state index in [0.717, 1.165) is 16.0 Å². The topological polar surface area (TPSA) is 68.8 Å². The minimum Gasteiger partial charge on any atom is -0.497 e. The summed E-state index contributed by atoms with van der Waals surface area (Å²) in [5.41, 5.74) is 0. The van der Waals surface area contributed by atoms with Crippen LogP contribution >= 0.6 is 27.5 Å². The van der Waals surface area contributed by atoms with E-state index in [2.05, 4.69) is 26.6 Å². The molecule has 8 heteroatoms. The number of urea groups is 1. The Hall–Kier alpha value is -2.12. The molecule has 0 aliphatic rings. The van der Waals surface area contributed by atoms with E-state index in [0.29, 0.717) is 43.5 Å². The average molecular weight is 458 g/mol. The second kappa shape index (κ2) is 11.6. The normalized spacial score (nSPS) is 10.2. The van der Waals surface area contributed by atoms with Crippen molar-refractivity contribution in [3.8, 4) is 17.2 Å². The molecule has 0 radical (unpaired) electrons. The Bertz CT molecular complexity index is 728. The summed E-state index contributed by atoms with van der Waals surface area (Å²) in [5.74, 6) is 2.12. The summed E-state index contributed by atoms with van der Waals surface area (Å²) >= 11 is 9.41. The van der Waals surface area contributed by atoms with E-state index in [1.807, 2.05) is 30.3 Å². The number of hydrogen-bond acceptors (Lipinski definition) is 4. The van der Waals surface area contributed by atoms with E-state index >= 15 is 0 Å². The first-order chi connectivity index (χ1) is 13.1. The number of rotatable bonds is 10. The van der Waals surface area contributed by atoms with Crippen LogP contribution in [-0.4, -0.2) is 39.4 Å². The van der Waals surface area contributed by atoms with E-state index in [1.54, 1.807) is 19.2 Å². The lowest BCUT2D eigenvalue weighted by Crippen LogP contribution is -2.38. The average Bonchev–Trinajstić information content (AvgIpc) is 2.67. The lowest BCUT2D eigenvalue weighted by atomic mass is 10.3. The smallest absolute Gasteiger partial charge is 0.314 e. The Balaban J connectivity index is 1.51. The lowest BCUT2D eigenvalue weighted by Gasteiger charge is -2.10. The zero-order valence-electron chi connectivity index (χ0n) is 15.0. The van der Waals surface area contributed by atoms with Crippen molar-refractivity contribution in [1.29, 1.82) is 0 Å². The highest BCUT2D eigenvalue weighted by molar-refractivity contribution is 9.10. The van der Waals surface area contributed by atoms with Gasteiger partial charge in [0.1, 0.15) is 23.9 Å². The number of amides is 2. The van der Waals surface area contributed by atoms with Gasteiger partial charge < -0.3 is 24.8 Å². The molecule has 0 aliphatic carbocycles. The maximum atomic E-state index is 11.7. The van der Waals surface area contributed by atoms with Gasteiger partial charge in [0.2, 0.25) is 0 Å². The fourth-order valence-electron chi connectivity index (χ4n) is 2.12. The van der Waals surface area contributed by atoms with Gasteiger partial charge in [-0.15, -0.1) is 0 Å². The zero-order valence-corrected chi connectivity index (χ0v) is 17.3. The molecule has 2 rings (SSSR count). The quantitative estimate of drug-likeness (QED) is 0.523. The predicted molar refractivity (Wildman–Crippen MR) is 109 cm³/mol. The Morgan fingerprint density at radius 1 is 1.00 bits per heavy atom. The van der Waals surface area contributed by atoms with Gasteiger partial charge in [-0.1, -0.05) is 27.5 Å². The minimum atomic E-state index is -0.241. The molecule has 0 spiro atoms. The first-order valence-corrected chi connectivity index (χ1v) is 9.62. The van der Waals surface area contributed by atoms with Crippen molar-refractivity contribution in [2.75, 3.05) is 33.4 Å². The highest BCUT2D eigenvalue weighted by Crippen LogP contribution is 2.27. The minimum absolute atomic E-state index is 0.241. The number of carbonyl (C=O) groups is 1. The van der Waals surface area contributed by atoms with E-state index in [1.165, 1.54) is 0 Å². The maximum Gasteiger partial charge on any atom is 0.314 e. The molecule has 2 aromatic rings. The molecule has 2 N–H and O–H groups in total. The van der Waals surface area contributed by atoms with Crippen LogP contribution in [0.5, 0.6) is 17.2 Å². The van der Waals surface area contributed by atoms with E-state index in [-0.39, 0.29) is 6.03 Å². The largest absolute Gasteiger partial charge is 0.497 e. The van der Waals surface area contributed by atoms with Gasteiger partial charge in [0.15, 0.2) is 0 Å². The first-order valence-electron chi connectivity index (χ1n) is 8.45. The number of methoxy groups -OCH3 is 1. The molecule has 0 aliphatic heterocycles. The molecule has 2 aromatic carbocycles. The molecule has 146 valence electrons. The second-order valence-corrected chi connectivity index (χ2v) is 6.81. The number of nitrogens with one attached hydrogen (secondary N) is 2. The fraction of sp³-hybridized carbons (Fsp3) is 0.316. The summed E-state index contributed by atoms with van der Waals surface area (Å²) in [6, 6.07) is 12.5. The Morgan fingerprint density at radius 3 is 2.41 bits per heavy atom. The lowest BCUT2D eigenvalue weighted by molar-refractivity contribution is 0.235. The van der Waals surface area contributed by atoms with Gasteiger partial charge >= 0.3 is 6.03 Å². The zero-order chi connectivity index (χ0) is 19.5. The highest BCUT2D eigenvalue weighted by atomic mass is 79.9. The third kappa shape index (κ3) is 7.97. The summed E-state index contributed by atoms with van der Waals surface area (Å²) in [4.78, 5) is 11.7. The molecular formula is C19H22BrClN2O4. The summed E-state index contributed by atoms with van der Waals surface area (Å²) in [6.07, 6.45) is 0.669. The van der Waals surface area contributed by atoms with E-state index in [4.69, 9.17) is 25.8 Å². The van der Waals surface area contributed by atoms with Crippen molar-refractivity contribution in [3.63, 3.8) is 0 Å². The summed E-state index contributed by atoms with van der Waals surface area (Å²) < 4.78 is 17.1. The highest BCUT2D eigenvalue weighted by Gasteiger charge is 2.03. The first kappa shape index (κ1) is 21.2. The molecule has 6 nitrogen and oxygen atoms in total. The van der Waals surface area contributed by atoms with Crippen LogP contribution in [0, 0.1) is 0 Å². The van der Waals surface area contributed by atoms with Crippen LogP contribution in [0.25, 0.3) is 0 Å². The van der Waals surface area contributed by atoms with Gasteiger partial charge in [0.05, 0.1) is 25.3 Å². The molecule has 0 unspecified atom stereocenters. The number of ether oxygens (including phenoxy) is 3. The molecular weight excluding hydrogens is 436 g/mol. The van der Waals surface area contributed by atoms with Gasteiger partial charge in [-0.2, -0.15) is 0 Å². The van der Waals surface area contributed by atoms with Gasteiger partial charge in [-0.25, -0.2) is 4.79 Å². The van der Waals surface area contributed by atoms with Crippen molar-refractivity contribution in [1.82, 2.24) is 10.6 Å². The number of hydrogen-bond donors (Lipinski definition) is 2. The molecule has 0 aromatic heterocycles. The molecule has 2 amide bonds. The third-order valence-electron chi connectivity index (χ3n) is 3.47. The monoisotopic (exact) mass is 456 g/mol. The number of benzene rings is 2. The van der Waals surface area contributed by atoms with Crippen LogP contribution in [-0.2, 0) is 0 Å².